The van der Waals surface area contributed by atoms with Crippen LogP contribution in [0.4, 0.5) is 0 Å². The van der Waals surface area contributed by atoms with Gasteiger partial charge >= 0.3 is 0 Å². The normalized spacial score (nSPS) is 11.0. The fourth-order valence-electron chi connectivity index (χ4n) is 2.18. The van der Waals surface area contributed by atoms with E-state index in [-0.39, 0.29) is 5.91 Å². The van der Waals surface area contributed by atoms with E-state index in [1.807, 2.05) is 20.0 Å². The molecule has 0 aliphatic heterocycles. The van der Waals surface area contributed by atoms with Crippen LogP contribution in [0.3, 0.4) is 0 Å². The first kappa shape index (κ1) is 13.2. The molecule has 108 valence electrons. The maximum absolute atomic E-state index is 12.1. The predicted octanol–water partition coefficient (Wildman–Crippen LogP) is 0.367. The Labute approximate surface area is 120 Å². The SMILES string of the molecule is Cc1nn(C)c2ncc(C(=O)NCCc3ncn[nH]3)cc12. The lowest BCUT2D eigenvalue weighted by molar-refractivity contribution is 0.0954. The van der Waals surface area contributed by atoms with E-state index in [1.54, 1.807) is 10.9 Å². The molecule has 0 aliphatic rings. The van der Waals surface area contributed by atoms with Gasteiger partial charge in [0.25, 0.3) is 5.91 Å². The van der Waals surface area contributed by atoms with Gasteiger partial charge in [-0.05, 0) is 13.0 Å². The highest BCUT2D eigenvalue weighted by Gasteiger charge is 2.11. The summed E-state index contributed by atoms with van der Waals surface area (Å²) in [5.74, 6) is 0.583. The van der Waals surface area contributed by atoms with Crippen molar-refractivity contribution in [3.05, 3.63) is 35.7 Å². The zero-order valence-corrected chi connectivity index (χ0v) is 11.8. The van der Waals surface area contributed by atoms with Gasteiger partial charge in [-0.25, -0.2) is 9.97 Å². The molecule has 0 saturated carbocycles. The first-order valence-corrected chi connectivity index (χ1v) is 6.57. The Kier molecular flexibility index (Phi) is 3.35. The molecule has 0 radical (unpaired) electrons. The molecule has 0 fully saturated rings. The molecule has 3 aromatic rings. The lowest BCUT2D eigenvalue weighted by atomic mass is 10.2. The number of H-pyrrole nitrogens is 1. The van der Waals surface area contributed by atoms with Crippen molar-refractivity contribution in [2.75, 3.05) is 6.54 Å². The van der Waals surface area contributed by atoms with Crippen molar-refractivity contribution in [1.29, 1.82) is 0 Å². The number of amides is 1. The standard InChI is InChI=1S/C13H15N7O/c1-8-10-5-9(6-15-12(10)20(2)19-8)13(21)14-4-3-11-16-7-17-18-11/h5-7H,3-4H2,1-2H3,(H,14,21)(H,16,17,18). The second kappa shape index (κ2) is 5.31. The first-order valence-electron chi connectivity index (χ1n) is 6.57. The van der Waals surface area contributed by atoms with Gasteiger partial charge in [0.1, 0.15) is 12.2 Å². The summed E-state index contributed by atoms with van der Waals surface area (Å²) in [7, 11) is 1.83. The van der Waals surface area contributed by atoms with Crippen molar-refractivity contribution in [2.24, 2.45) is 7.05 Å². The van der Waals surface area contributed by atoms with E-state index in [1.165, 1.54) is 6.33 Å². The molecule has 3 heterocycles. The van der Waals surface area contributed by atoms with Gasteiger partial charge in [0.05, 0.1) is 11.3 Å². The van der Waals surface area contributed by atoms with E-state index >= 15 is 0 Å². The molecule has 8 heteroatoms. The number of nitrogens with one attached hydrogen (secondary N) is 2. The lowest BCUT2D eigenvalue weighted by Gasteiger charge is -2.04. The first-order chi connectivity index (χ1) is 10.1. The highest BCUT2D eigenvalue weighted by Crippen LogP contribution is 2.16. The van der Waals surface area contributed by atoms with Crippen molar-refractivity contribution >= 4 is 16.9 Å². The Hall–Kier alpha value is -2.77. The van der Waals surface area contributed by atoms with Gasteiger partial charge in [-0.3, -0.25) is 14.6 Å². The number of rotatable bonds is 4. The number of pyridine rings is 1. The number of hydrogen-bond donors (Lipinski definition) is 2. The van der Waals surface area contributed by atoms with Gasteiger partial charge in [-0.15, -0.1) is 0 Å². The summed E-state index contributed by atoms with van der Waals surface area (Å²) in [6, 6.07) is 1.81. The molecule has 3 aromatic heterocycles. The third-order valence-corrected chi connectivity index (χ3v) is 3.24. The fourth-order valence-corrected chi connectivity index (χ4v) is 2.18. The van der Waals surface area contributed by atoms with E-state index in [0.717, 1.165) is 22.6 Å². The van der Waals surface area contributed by atoms with Crippen LogP contribution in [-0.4, -0.2) is 42.4 Å². The van der Waals surface area contributed by atoms with Crippen LogP contribution in [0.1, 0.15) is 21.9 Å². The average molecular weight is 285 g/mol. The third kappa shape index (κ3) is 2.60. The van der Waals surface area contributed by atoms with Crippen LogP contribution in [0.5, 0.6) is 0 Å². The Morgan fingerprint density at radius 1 is 1.43 bits per heavy atom. The predicted molar refractivity (Wildman–Crippen MR) is 75.7 cm³/mol. The number of fused-ring (bicyclic) bond motifs is 1. The number of carbonyl (C=O) groups is 1. The maximum atomic E-state index is 12.1. The number of carbonyl (C=O) groups excluding carboxylic acids is 1. The molecule has 0 spiro atoms. The number of aromatic amines is 1. The topological polar surface area (TPSA) is 101 Å². The van der Waals surface area contributed by atoms with E-state index in [4.69, 9.17) is 0 Å². The van der Waals surface area contributed by atoms with Gasteiger partial charge in [-0.1, -0.05) is 0 Å². The van der Waals surface area contributed by atoms with Crippen LogP contribution in [0.15, 0.2) is 18.6 Å². The third-order valence-electron chi connectivity index (χ3n) is 3.24. The highest BCUT2D eigenvalue weighted by molar-refractivity contribution is 5.97. The minimum atomic E-state index is -0.160. The highest BCUT2D eigenvalue weighted by atomic mass is 16.1. The van der Waals surface area contributed by atoms with Crippen LogP contribution in [-0.2, 0) is 13.5 Å². The molecule has 2 N–H and O–H groups in total. The van der Waals surface area contributed by atoms with Crippen molar-refractivity contribution in [1.82, 2.24) is 35.3 Å². The van der Waals surface area contributed by atoms with Gasteiger partial charge in [0.15, 0.2) is 5.65 Å². The Balaban J connectivity index is 1.71. The van der Waals surface area contributed by atoms with Crippen molar-refractivity contribution in [2.45, 2.75) is 13.3 Å². The molecule has 0 aliphatic carbocycles. The average Bonchev–Trinajstić information content (AvgIpc) is 3.08. The summed E-state index contributed by atoms with van der Waals surface area (Å²) >= 11 is 0. The van der Waals surface area contributed by atoms with E-state index in [9.17, 15) is 4.79 Å². The van der Waals surface area contributed by atoms with Gasteiger partial charge in [0.2, 0.25) is 0 Å². The lowest BCUT2D eigenvalue weighted by Crippen LogP contribution is -2.26. The molecule has 0 atom stereocenters. The largest absolute Gasteiger partial charge is 0.352 e. The van der Waals surface area contributed by atoms with Crippen LogP contribution < -0.4 is 5.32 Å². The summed E-state index contributed by atoms with van der Waals surface area (Å²) in [6.45, 7) is 2.38. The van der Waals surface area contributed by atoms with E-state index in [0.29, 0.717) is 18.5 Å². The monoisotopic (exact) mass is 285 g/mol. The molecule has 8 nitrogen and oxygen atoms in total. The molecular formula is C13H15N7O. The number of nitrogens with zero attached hydrogens (tertiary/aromatic N) is 5. The Morgan fingerprint density at radius 3 is 3.05 bits per heavy atom. The van der Waals surface area contributed by atoms with E-state index in [2.05, 4.69) is 30.6 Å². The zero-order valence-electron chi connectivity index (χ0n) is 11.8. The second-order valence-electron chi connectivity index (χ2n) is 4.74. The van der Waals surface area contributed by atoms with Crippen molar-refractivity contribution < 1.29 is 4.79 Å². The second-order valence-corrected chi connectivity index (χ2v) is 4.74. The van der Waals surface area contributed by atoms with Gasteiger partial charge in [0, 0.05) is 31.6 Å². The number of hydrogen-bond acceptors (Lipinski definition) is 5. The van der Waals surface area contributed by atoms with Crippen molar-refractivity contribution in [3.8, 4) is 0 Å². The molecule has 1 amide bonds. The minimum absolute atomic E-state index is 0.160. The van der Waals surface area contributed by atoms with Crippen LogP contribution >= 0.6 is 0 Å². The van der Waals surface area contributed by atoms with Gasteiger partial charge in [-0.2, -0.15) is 10.2 Å². The van der Waals surface area contributed by atoms with Crippen LogP contribution in [0, 0.1) is 6.92 Å². The molecule has 0 bridgehead atoms. The van der Waals surface area contributed by atoms with E-state index < -0.39 is 0 Å². The fraction of sp³-hybridized carbons (Fsp3) is 0.308. The molecule has 0 saturated heterocycles. The zero-order chi connectivity index (χ0) is 14.8. The molecule has 0 unspecified atom stereocenters. The molecule has 3 rings (SSSR count). The van der Waals surface area contributed by atoms with Crippen molar-refractivity contribution in [3.63, 3.8) is 0 Å². The maximum Gasteiger partial charge on any atom is 0.252 e. The quantitative estimate of drug-likeness (QED) is 0.721. The summed E-state index contributed by atoms with van der Waals surface area (Å²) in [4.78, 5) is 20.4. The summed E-state index contributed by atoms with van der Waals surface area (Å²) in [6.07, 6.45) is 3.61. The molecule has 0 aromatic carbocycles. The summed E-state index contributed by atoms with van der Waals surface area (Å²) in [5.41, 5.74) is 2.15. The molecule has 21 heavy (non-hydrogen) atoms. The summed E-state index contributed by atoms with van der Waals surface area (Å²) in [5, 5.41) is 14.5. The van der Waals surface area contributed by atoms with Crippen LogP contribution in [0.25, 0.3) is 11.0 Å². The Bertz CT molecular complexity index is 775. The van der Waals surface area contributed by atoms with Crippen LogP contribution in [0.2, 0.25) is 0 Å². The summed E-state index contributed by atoms with van der Waals surface area (Å²) < 4.78 is 1.70. The molecular weight excluding hydrogens is 270 g/mol. The number of aryl methyl sites for hydroxylation is 2. The Morgan fingerprint density at radius 2 is 2.29 bits per heavy atom. The number of aromatic nitrogens is 6. The smallest absolute Gasteiger partial charge is 0.252 e. The minimum Gasteiger partial charge on any atom is -0.352 e. The van der Waals surface area contributed by atoms with Gasteiger partial charge < -0.3 is 5.32 Å².